The zero-order valence-electron chi connectivity index (χ0n) is 19.8. The number of ether oxygens (including phenoxy) is 3. The van der Waals surface area contributed by atoms with Crippen molar-refractivity contribution in [3.05, 3.63) is 80.2 Å². The number of allylic oxidation sites excluding steroid dienone is 4. The maximum Gasteiger partial charge on any atom is 0.335 e. The van der Waals surface area contributed by atoms with E-state index < -0.39 is 11.9 Å². The summed E-state index contributed by atoms with van der Waals surface area (Å²) >= 11 is 3.60. The van der Waals surface area contributed by atoms with Crippen LogP contribution in [0, 0.1) is 0 Å². The first-order valence-electron chi connectivity index (χ1n) is 11.9. The Kier molecular flexibility index (Phi) is 6.71. The molecule has 3 aliphatic rings. The minimum Gasteiger partial charge on any atom is -0.493 e. The van der Waals surface area contributed by atoms with Crippen molar-refractivity contribution >= 4 is 33.5 Å². The molecule has 2 aromatic rings. The van der Waals surface area contributed by atoms with Gasteiger partial charge >= 0.3 is 5.97 Å². The molecule has 5 rings (SSSR count). The number of aromatic carboxylic acids is 1. The number of carboxylic acid groups (broad SMARTS) is 1. The van der Waals surface area contributed by atoms with Crippen LogP contribution < -0.4 is 9.47 Å². The summed E-state index contributed by atoms with van der Waals surface area (Å²) in [4.78, 5) is 37.2. The summed E-state index contributed by atoms with van der Waals surface area (Å²) in [7, 11) is 1.54. The number of carbonyl (C=O) groups is 3. The van der Waals surface area contributed by atoms with Crippen molar-refractivity contribution in [3.63, 3.8) is 0 Å². The Morgan fingerprint density at radius 1 is 1.00 bits per heavy atom. The maximum absolute atomic E-state index is 13.0. The minimum absolute atomic E-state index is 0.0198. The molecule has 2 aromatic carbocycles. The number of carbonyl (C=O) groups excluding carboxylic acids is 2. The Morgan fingerprint density at radius 3 is 2.17 bits per heavy atom. The fourth-order valence-corrected chi connectivity index (χ4v) is 5.67. The van der Waals surface area contributed by atoms with Crippen molar-refractivity contribution in [2.45, 2.75) is 51.0 Å². The summed E-state index contributed by atoms with van der Waals surface area (Å²) in [5.41, 5.74) is 2.93. The van der Waals surface area contributed by atoms with Gasteiger partial charge in [-0.15, -0.1) is 0 Å². The summed E-state index contributed by atoms with van der Waals surface area (Å²) in [6, 6.07) is 10.2. The molecule has 0 amide bonds. The number of Topliss-reactive ketones (excluding diaryl/α,β-unsaturated/α-hetero) is 2. The van der Waals surface area contributed by atoms with Crippen LogP contribution in [-0.2, 0) is 20.9 Å². The van der Waals surface area contributed by atoms with Crippen molar-refractivity contribution in [2.75, 3.05) is 7.11 Å². The van der Waals surface area contributed by atoms with Crippen molar-refractivity contribution in [2.24, 2.45) is 0 Å². The van der Waals surface area contributed by atoms with Gasteiger partial charge in [0.15, 0.2) is 23.1 Å². The predicted octanol–water partition coefficient (Wildman–Crippen LogP) is 5.86. The highest BCUT2D eigenvalue weighted by atomic mass is 79.9. The van der Waals surface area contributed by atoms with E-state index in [9.17, 15) is 14.4 Å². The second-order valence-electron chi connectivity index (χ2n) is 9.09. The van der Waals surface area contributed by atoms with Gasteiger partial charge in [-0.3, -0.25) is 9.59 Å². The lowest BCUT2D eigenvalue weighted by Crippen LogP contribution is -2.30. The summed E-state index contributed by atoms with van der Waals surface area (Å²) in [6.07, 6.45) is 3.74. The number of carboxylic acids is 1. The van der Waals surface area contributed by atoms with E-state index in [-0.39, 0.29) is 23.7 Å². The van der Waals surface area contributed by atoms with Crippen LogP contribution >= 0.6 is 15.9 Å². The van der Waals surface area contributed by atoms with E-state index in [1.165, 1.54) is 19.2 Å². The third-order valence-corrected chi connectivity index (χ3v) is 7.40. The normalized spacial score (nSPS) is 17.9. The molecule has 1 heterocycles. The molecule has 0 bridgehead atoms. The zero-order chi connectivity index (χ0) is 25.4. The Bertz CT molecular complexity index is 1280. The maximum atomic E-state index is 13.0. The Morgan fingerprint density at radius 2 is 1.61 bits per heavy atom. The van der Waals surface area contributed by atoms with Crippen molar-refractivity contribution < 1.29 is 33.7 Å². The van der Waals surface area contributed by atoms with Crippen LogP contribution in [0.15, 0.2) is 63.5 Å². The van der Waals surface area contributed by atoms with Crippen LogP contribution in [-0.4, -0.2) is 29.8 Å². The van der Waals surface area contributed by atoms with Crippen molar-refractivity contribution in [3.8, 4) is 11.5 Å². The molecule has 0 fully saturated rings. The van der Waals surface area contributed by atoms with Crippen LogP contribution in [0.25, 0.3) is 0 Å². The van der Waals surface area contributed by atoms with Crippen molar-refractivity contribution in [1.29, 1.82) is 0 Å². The molecule has 7 nitrogen and oxygen atoms in total. The fraction of sp³-hybridized carbons (Fsp3) is 0.321. The quantitative estimate of drug-likeness (QED) is 0.478. The summed E-state index contributed by atoms with van der Waals surface area (Å²) in [5.74, 6) is 0.868. The topological polar surface area (TPSA) is 99.1 Å². The largest absolute Gasteiger partial charge is 0.493 e. The molecule has 1 aliphatic heterocycles. The molecule has 0 saturated heterocycles. The van der Waals surface area contributed by atoms with Gasteiger partial charge in [0.2, 0.25) is 0 Å². The number of hydrogen-bond acceptors (Lipinski definition) is 6. The number of benzene rings is 2. The van der Waals surface area contributed by atoms with Crippen LogP contribution in [0.5, 0.6) is 11.5 Å². The number of halogens is 1. The SMILES string of the molecule is COc1cc(C2C3=C(CCCC3=O)OC3=C2C(=O)CCC3)cc(Br)c1OCc1ccc(C(=O)O)cc1. The third kappa shape index (κ3) is 4.46. The highest BCUT2D eigenvalue weighted by Crippen LogP contribution is 2.50. The number of hydrogen-bond donors (Lipinski definition) is 1. The van der Waals surface area contributed by atoms with E-state index >= 15 is 0 Å². The molecule has 186 valence electrons. The van der Waals surface area contributed by atoms with Crippen LogP contribution in [0.1, 0.15) is 65.9 Å². The highest BCUT2D eigenvalue weighted by molar-refractivity contribution is 9.10. The first-order chi connectivity index (χ1) is 17.4. The van der Waals surface area contributed by atoms with E-state index in [1.807, 2.05) is 12.1 Å². The van der Waals surface area contributed by atoms with Crippen LogP contribution in [0.2, 0.25) is 0 Å². The Hall–Kier alpha value is -3.39. The zero-order valence-corrected chi connectivity index (χ0v) is 21.4. The van der Waals surface area contributed by atoms with E-state index in [0.29, 0.717) is 64.3 Å². The smallest absolute Gasteiger partial charge is 0.335 e. The van der Waals surface area contributed by atoms with Crippen LogP contribution in [0.3, 0.4) is 0 Å². The Balaban J connectivity index is 1.51. The van der Waals surface area contributed by atoms with Gasteiger partial charge in [0.25, 0.3) is 0 Å². The Labute approximate surface area is 216 Å². The van der Waals surface area contributed by atoms with Gasteiger partial charge in [-0.1, -0.05) is 12.1 Å². The van der Waals surface area contributed by atoms with Gasteiger partial charge in [-0.2, -0.15) is 0 Å². The standard InChI is InChI=1S/C28H25BrO7/c1-34-23-13-17(12-18(29)27(23)35-14-15-8-10-16(11-9-15)28(32)33)24-25-19(30)4-2-6-21(25)36-22-7-3-5-20(31)26(22)24/h8-13,24H,2-7,14H2,1H3,(H,32,33). The van der Waals surface area contributed by atoms with E-state index in [0.717, 1.165) is 24.0 Å². The third-order valence-electron chi connectivity index (χ3n) is 6.81. The van der Waals surface area contributed by atoms with E-state index in [2.05, 4.69) is 15.9 Å². The van der Waals surface area contributed by atoms with Gasteiger partial charge in [-0.25, -0.2) is 4.79 Å². The highest BCUT2D eigenvalue weighted by Gasteiger charge is 2.42. The van der Waals surface area contributed by atoms with Gasteiger partial charge < -0.3 is 19.3 Å². The molecule has 8 heteroatoms. The average Bonchev–Trinajstić information content (AvgIpc) is 2.87. The molecule has 0 aromatic heterocycles. The van der Waals surface area contributed by atoms with Crippen LogP contribution in [0.4, 0.5) is 0 Å². The molecule has 0 spiro atoms. The van der Waals surface area contributed by atoms with E-state index in [4.69, 9.17) is 19.3 Å². The molecule has 0 atom stereocenters. The lowest BCUT2D eigenvalue weighted by atomic mass is 9.73. The fourth-order valence-electron chi connectivity index (χ4n) is 5.10. The molecule has 36 heavy (non-hydrogen) atoms. The molecule has 0 radical (unpaired) electrons. The van der Waals surface area contributed by atoms with Gasteiger partial charge in [0.1, 0.15) is 18.1 Å². The summed E-state index contributed by atoms with van der Waals surface area (Å²) in [6.45, 7) is 0.201. The lowest BCUT2D eigenvalue weighted by molar-refractivity contribution is -0.117. The monoisotopic (exact) mass is 552 g/mol. The minimum atomic E-state index is -0.986. The first kappa shape index (κ1) is 24.3. The molecule has 1 N–H and O–H groups in total. The van der Waals surface area contributed by atoms with Gasteiger partial charge in [0, 0.05) is 42.7 Å². The second kappa shape index (κ2) is 9.93. The number of ketones is 2. The molecule has 0 unspecified atom stereocenters. The number of rotatable bonds is 6. The second-order valence-corrected chi connectivity index (χ2v) is 9.94. The molecular weight excluding hydrogens is 528 g/mol. The lowest BCUT2D eigenvalue weighted by Gasteiger charge is -2.36. The first-order valence-corrected chi connectivity index (χ1v) is 12.7. The van der Waals surface area contributed by atoms with Gasteiger partial charge in [0.05, 0.1) is 17.1 Å². The number of methoxy groups -OCH3 is 1. The molecular formula is C28H25BrO7. The summed E-state index contributed by atoms with van der Waals surface area (Å²) < 4.78 is 18.4. The molecule has 0 saturated carbocycles. The van der Waals surface area contributed by atoms with Gasteiger partial charge in [-0.05, 0) is 64.2 Å². The average molecular weight is 553 g/mol. The summed E-state index contributed by atoms with van der Waals surface area (Å²) in [5, 5.41) is 9.09. The van der Waals surface area contributed by atoms with Crippen molar-refractivity contribution in [1.82, 2.24) is 0 Å². The van der Waals surface area contributed by atoms with E-state index in [1.54, 1.807) is 12.1 Å². The predicted molar refractivity (Wildman–Crippen MR) is 134 cm³/mol. The molecule has 2 aliphatic carbocycles.